The Kier molecular flexibility index (Phi) is 6.27. The van der Waals surface area contributed by atoms with Crippen LogP contribution in [-0.4, -0.2) is 17.4 Å². The molecule has 0 radical (unpaired) electrons. The van der Waals surface area contributed by atoms with Gasteiger partial charge in [0.05, 0.1) is 5.69 Å². The molecule has 0 amide bonds. The van der Waals surface area contributed by atoms with Crippen LogP contribution in [0.4, 0.5) is 11.4 Å². The van der Waals surface area contributed by atoms with Crippen molar-refractivity contribution in [1.82, 2.24) is 0 Å². The first-order valence-electron chi connectivity index (χ1n) is 8.74. The standard InChI is InChI=1S/C22H17Cl3N2O2/c1-12-4-8-15(9-5-12)26-14(3)27(16-10-6-13(2)7-11-16)20-19(25)21(28)17(23)18(24)22(20)29/h4-11H,1-3H3. The molecule has 148 valence electrons. The second kappa shape index (κ2) is 8.54. The van der Waals surface area contributed by atoms with Crippen LogP contribution in [0.25, 0.3) is 0 Å². The zero-order chi connectivity index (χ0) is 21.3. The van der Waals surface area contributed by atoms with Gasteiger partial charge in [-0.05, 0) is 45.0 Å². The van der Waals surface area contributed by atoms with Crippen molar-refractivity contribution in [3.8, 4) is 0 Å². The molecule has 0 bridgehead atoms. The van der Waals surface area contributed by atoms with Gasteiger partial charge in [-0.3, -0.25) is 14.5 Å². The van der Waals surface area contributed by atoms with Gasteiger partial charge in [0.15, 0.2) is 0 Å². The first-order valence-corrected chi connectivity index (χ1v) is 9.87. The number of benzene rings is 2. The van der Waals surface area contributed by atoms with Crippen LogP contribution in [0.2, 0.25) is 0 Å². The Bertz CT molecular complexity index is 1080. The lowest BCUT2D eigenvalue weighted by molar-refractivity contribution is -0.115. The van der Waals surface area contributed by atoms with Crippen molar-refractivity contribution in [3.05, 3.63) is 80.5 Å². The van der Waals surface area contributed by atoms with E-state index in [1.54, 1.807) is 6.92 Å². The molecule has 2 aromatic carbocycles. The predicted octanol–water partition coefficient (Wildman–Crippen LogP) is 6.15. The number of Topliss-reactive ketones (excluding diaryl/α,β-unsaturated/α-hetero) is 2. The number of aryl methyl sites for hydroxylation is 2. The molecule has 0 atom stereocenters. The number of hydrogen-bond donors (Lipinski definition) is 0. The largest absolute Gasteiger partial charge is 0.293 e. The van der Waals surface area contributed by atoms with Gasteiger partial charge in [0.2, 0.25) is 11.6 Å². The molecular weight excluding hydrogens is 431 g/mol. The van der Waals surface area contributed by atoms with Gasteiger partial charge in [-0.1, -0.05) is 70.2 Å². The summed E-state index contributed by atoms with van der Waals surface area (Å²) in [5.74, 6) is -0.900. The van der Waals surface area contributed by atoms with Gasteiger partial charge in [-0.15, -0.1) is 0 Å². The second-order valence-electron chi connectivity index (χ2n) is 6.61. The lowest BCUT2D eigenvalue weighted by Gasteiger charge is -2.29. The Labute approximate surface area is 184 Å². The Hall–Kier alpha value is -2.40. The van der Waals surface area contributed by atoms with Crippen molar-refractivity contribution in [3.63, 3.8) is 0 Å². The molecule has 2 aromatic rings. The molecule has 0 unspecified atom stereocenters. The van der Waals surface area contributed by atoms with Crippen LogP contribution in [0.15, 0.2) is 74.3 Å². The molecule has 1 aliphatic rings. The smallest absolute Gasteiger partial charge is 0.224 e. The number of allylic oxidation sites excluding steroid dienone is 3. The summed E-state index contributed by atoms with van der Waals surface area (Å²) in [6.45, 7) is 5.65. The number of amidine groups is 1. The summed E-state index contributed by atoms with van der Waals surface area (Å²) >= 11 is 18.2. The van der Waals surface area contributed by atoms with Gasteiger partial charge in [0, 0.05) is 5.69 Å². The molecule has 0 saturated heterocycles. The summed E-state index contributed by atoms with van der Waals surface area (Å²) in [6.07, 6.45) is 0. The Balaban J connectivity index is 2.19. The number of ketones is 2. The zero-order valence-electron chi connectivity index (χ0n) is 16.0. The number of hydrogen-bond acceptors (Lipinski definition) is 3. The number of anilines is 1. The van der Waals surface area contributed by atoms with E-state index in [0.29, 0.717) is 17.2 Å². The fourth-order valence-corrected chi connectivity index (χ4v) is 3.50. The van der Waals surface area contributed by atoms with E-state index in [9.17, 15) is 9.59 Å². The minimum Gasteiger partial charge on any atom is -0.293 e. The van der Waals surface area contributed by atoms with E-state index < -0.39 is 11.6 Å². The number of carbonyl (C=O) groups excluding carboxylic acids is 2. The normalized spacial score (nSPS) is 15.3. The van der Waals surface area contributed by atoms with E-state index in [-0.39, 0.29) is 20.8 Å². The molecular formula is C22H17Cl3N2O2. The molecule has 1 aliphatic carbocycles. The SMILES string of the molecule is CC(=Nc1ccc(C)cc1)N(C1=C(Cl)C(=O)C(Cl)=C(Cl)C1=O)c1ccc(C)cc1. The maximum absolute atomic E-state index is 12.9. The van der Waals surface area contributed by atoms with Crippen LogP contribution in [0, 0.1) is 13.8 Å². The minimum absolute atomic E-state index is 0.0803. The third kappa shape index (κ3) is 4.30. The van der Waals surface area contributed by atoms with E-state index in [4.69, 9.17) is 34.8 Å². The van der Waals surface area contributed by atoms with Crippen LogP contribution < -0.4 is 4.90 Å². The maximum Gasteiger partial charge on any atom is 0.224 e. The Morgan fingerprint density at radius 2 is 1.24 bits per heavy atom. The monoisotopic (exact) mass is 446 g/mol. The topological polar surface area (TPSA) is 49.7 Å². The van der Waals surface area contributed by atoms with E-state index in [0.717, 1.165) is 11.1 Å². The first-order chi connectivity index (χ1) is 13.7. The fraction of sp³-hybridized carbons (Fsp3) is 0.136. The second-order valence-corrected chi connectivity index (χ2v) is 7.75. The third-order valence-electron chi connectivity index (χ3n) is 4.38. The van der Waals surface area contributed by atoms with Crippen LogP contribution in [0.3, 0.4) is 0 Å². The lowest BCUT2D eigenvalue weighted by Crippen LogP contribution is -2.36. The van der Waals surface area contributed by atoms with E-state index in [1.807, 2.05) is 62.4 Å². The molecule has 0 N–H and O–H groups in total. The number of aliphatic imine (C=N–C) groups is 1. The highest BCUT2D eigenvalue weighted by atomic mass is 35.5. The summed E-state index contributed by atoms with van der Waals surface area (Å²) in [4.78, 5) is 31.5. The molecule has 7 heteroatoms. The minimum atomic E-state index is -0.701. The van der Waals surface area contributed by atoms with E-state index in [2.05, 4.69) is 4.99 Å². The van der Waals surface area contributed by atoms with Crippen LogP contribution in [0.5, 0.6) is 0 Å². The van der Waals surface area contributed by atoms with Gasteiger partial charge in [0.1, 0.15) is 26.6 Å². The van der Waals surface area contributed by atoms with Crippen LogP contribution in [0.1, 0.15) is 18.1 Å². The van der Waals surface area contributed by atoms with Crippen molar-refractivity contribution in [2.24, 2.45) is 4.99 Å². The Morgan fingerprint density at radius 3 is 1.79 bits per heavy atom. The summed E-state index contributed by atoms with van der Waals surface area (Å²) in [5.41, 5.74) is 3.36. The highest BCUT2D eigenvalue weighted by Crippen LogP contribution is 2.35. The molecule has 29 heavy (non-hydrogen) atoms. The van der Waals surface area contributed by atoms with E-state index >= 15 is 0 Å². The molecule has 4 nitrogen and oxygen atoms in total. The molecule has 0 spiro atoms. The molecule has 0 saturated carbocycles. The Morgan fingerprint density at radius 1 is 0.759 bits per heavy atom. The van der Waals surface area contributed by atoms with Gasteiger partial charge >= 0.3 is 0 Å². The molecule has 0 aliphatic heterocycles. The maximum atomic E-state index is 12.9. The van der Waals surface area contributed by atoms with Gasteiger partial charge in [-0.25, -0.2) is 4.99 Å². The highest BCUT2D eigenvalue weighted by Gasteiger charge is 2.37. The first kappa shape index (κ1) is 21.3. The number of nitrogens with zero attached hydrogens (tertiary/aromatic N) is 2. The summed E-state index contributed by atoms with van der Waals surface area (Å²) < 4.78 is 0. The summed E-state index contributed by atoms with van der Waals surface area (Å²) in [5, 5.41) is -1.05. The van der Waals surface area contributed by atoms with E-state index in [1.165, 1.54) is 4.90 Å². The molecule has 0 fully saturated rings. The predicted molar refractivity (Wildman–Crippen MR) is 119 cm³/mol. The molecule has 0 aromatic heterocycles. The average Bonchev–Trinajstić information content (AvgIpc) is 2.71. The highest BCUT2D eigenvalue weighted by molar-refractivity contribution is 6.64. The van der Waals surface area contributed by atoms with Crippen molar-refractivity contribution < 1.29 is 9.59 Å². The molecule has 0 heterocycles. The van der Waals surface area contributed by atoms with Gasteiger partial charge in [-0.2, -0.15) is 0 Å². The van der Waals surface area contributed by atoms with Gasteiger partial charge in [0.25, 0.3) is 0 Å². The van der Waals surface area contributed by atoms with Crippen molar-refractivity contribution in [2.45, 2.75) is 20.8 Å². The summed E-state index contributed by atoms with van der Waals surface area (Å²) in [7, 11) is 0. The van der Waals surface area contributed by atoms with Crippen molar-refractivity contribution in [1.29, 1.82) is 0 Å². The number of rotatable bonds is 3. The fourth-order valence-electron chi connectivity index (χ4n) is 2.83. The van der Waals surface area contributed by atoms with Gasteiger partial charge < -0.3 is 0 Å². The average molecular weight is 448 g/mol. The lowest BCUT2D eigenvalue weighted by atomic mass is 10.1. The number of carbonyl (C=O) groups is 2. The summed E-state index contributed by atoms with van der Waals surface area (Å²) in [6, 6.07) is 15.0. The quantitative estimate of drug-likeness (QED) is 0.322. The third-order valence-corrected chi connectivity index (χ3v) is 5.55. The molecule has 3 rings (SSSR count). The zero-order valence-corrected chi connectivity index (χ0v) is 18.2. The number of halogens is 3. The van der Waals surface area contributed by atoms with Crippen molar-refractivity contribution >= 4 is 63.6 Å². The van der Waals surface area contributed by atoms with Crippen molar-refractivity contribution in [2.75, 3.05) is 4.90 Å². The van der Waals surface area contributed by atoms with Crippen LogP contribution in [-0.2, 0) is 9.59 Å². The van der Waals surface area contributed by atoms with Crippen LogP contribution >= 0.6 is 34.8 Å².